The number of ether oxygens (including phenoxy) is 1. The summed E-state index contributed by atoms with van der Waals surface area (Å²) in [6, 6.07) is 0. The Kier molecular flexibility index (Phi) is 8.89. The summed E-state index contributed by atoms with van der Waals surface area (Å²) in [5, 5.41) is 3.11. The molecule has 98 valence electrons. The molecule has 4 nitrogen and oxygen atoms in total. The van der Waals surface area contributed by atoms with Crippen LogP contribution in [0.2, 0.25) is 0 Å². The topological polar surface area (TPSA) is 55.4 Å². The first kappa shape index (κ1) is 15.9. The zero-order valence-corrected chi connectivity index (χ0v) is 11.5. The van der Waals surface area contributed by atoms with Gasteiger partial charge in [0.1, 0.15) is 0 Å². The SMILES string of the molecule is CCOCCCNCCS(=O)(=O)CC(C)C. The third kappa shape index (κ3) is 10.4. The number of sulfone groups is 1. The molecule has 0 aliphatic carbocycles. The number of rotatable bonds is 10. The van der Waals surface area contributed by atoms with E-state index < -0.39 is 9.84 Å². The Labute approximate surface area is 99.7 Å². The lowest BCUT2D eigenvalue weighted by molar-refractivity contribution is 0.145. The molecule has 1 N–H and O–H groups in total. The lowest BCUT2D eigenvalue weighted by Gasteiger charge is -2.08. The van der Waals surface area contributed by atoms with Crippen LogP contribution in [0.15, 0.2) is 0 Å². The second kappa shape index (κ2) is 8.96. The van der Waals surface area contributed by atoms with E-state index in [0.717, 1.165) is 26.2 Å². The molecular formula is C11H25NO3S. The maximum absolute atomic E-state index is 11.5. The van der Waals surface area contributed by atoms with Crippen molar-refractivity contribution in [2.75, 3.05) is 37.8 Å². The molecule has 16 heavy (non-hydrogen) atoms. The van der Waals surface area contributed by atoms with E-state index in [-0.39, 0.29) is 17.4 Å². The summed E-state index contributed by atoms with van der Waals surface area (Å²) in [4.78, 5) is 0. The van der Waals surface area contributed by atoms with Gasteiger partial charge in [-0.05, 0) is 25.8 Å². The molecule has 0 amide bonds. The second-order valence-electron chi connectivity index (χ2n) is 4.31. The van der Waals surface area contributed by atoms with Crippen molar-refractivity contribution in [1.29, 1.82) is 0 Å². The lowest BCUT2D eigenvalue weighted by atomic mass is 10.3. The molecule has 0 rings (SSSR count). The summed E-state index contributed by atoms with van der Waals surface area (Å²) in [6.45, 7) is 8.65. The van der Waals surface area contributed by atoms with E-state index in [1.54, 1.807) is 0 Å². The molecule has 0 heterocycles. The minimum atomic E-state index is -2.87. The third-order valence-corrected chi connectivity index (χ3v) is 4.02. The van der Waals surface area contributed by atoms with Gasteiger partial charge in [-0.2, -0.15) is 0 Å². The molecule has 0 aromatic rings. The predicted molar refractivity (Wildman–Crippen MR) is 67.5 cm³/mol. The van der Waals surface area contributed by atoms with Crippen LogP contribution in [-0.2, 0) is 14.6 Å². The Bertz CT molecular complexity index is 250. The standard InChI is InChI=1S/C11H25NO3S/c1-4-15-8-5-6-12-7-9-16(13,14)10-11(2)3/h11-12H,4-10H2,1-3H3. The normalized spacial score (nSPS) is 12.2. The van der Waals surface area contributed by atoms with Crippen molar-refractivity contribution < 1.29 is 13.2 Å². The molecule has 0 aromatic carbocycles. The van der Waals surface area contributed by atoms with Gasteiger partial charge in [0.2, 0.25) is 0 Å². The summed E-state index contributed by atoms with van der Waals surface area (Å²) in [6.07, 6.45) is 0.929. The molecule has 0 radical (unpaired) electrons. The maximum atomic E-state index is 11.5. The summed E-state index contributed by atoms with van der Waals surface area (Å²) in [5.41, 5.74) is 0. The summed E-state index contributed by atoms with van der Waals surface area (Å²) >= 11 is 0. The van der Waals surface area contributed by atoms with Crippen molar-refractivity contribution in [2.24, 2.45) is 5.92 Å². The maximum Gasteiger partial charge on any atom is 0.151 e. The fraction of sp³-hybridized carbons (Fsp3) is 1.00. The van der Waals surface area contributed by atoms with Crippen molar-refractivity contribution >= 4 is 9.84 Å². The van der Waals surface area contributed by atoms with Gasteiger partial charge < -0.3 is 10.1 Å². The van der Waals surface area contributed by atoms with Gasteiger partial charge in [-0.15, -0.1) is 0 Å². The lowest BCUT2D eigenvalue weighted by Crippen LogP contribution is -2.27. The van der Waals surface area contributed by atoms with Crippen LogP contribution in [-0.4, -0.2) is 46.2 Å². The molecule has 0 bridgehead atoms. The van der Waals surface area contributed by atoms with Crippen molar-refractivity contribution in [3.05, 3.63) is 0 Å². The van der Waals surface area contributed by atoms with Crippen LogP contribution in [0.25, 0.3) is 0 Å². The van der Waals surface area contributed by atoms with E-state index in [0.29, 0.717) is 6.54 Å². The van der Waals surface area contributed by atoms with E-state index in [2.05, 4.69) is 5.32 Å². The van der Waals surface area contributed by atoms with Gasteiger partial charge in [0.05, 0.1) is 11.5 Å². The predicted octanol–water partition coefficient (Wildman–Crippen LogP) is 1.07. The highest BCUT2D eigenvalue weighted by Crippen LogP contribution is 1.99. The summed E-state index contributed by atoms with van der Waals surface area (Å²) in [5.74, 6) is 0.732. The number of hydrogen-bond acceptors (Lipinski definition) is 4. The third-order valence-electron chi connectivity index (χ3n) is 2.02. The molecule has 0 aliphatic rings. The van der Waals surface area contributed by atoms with Gasteiger partial charge >= 0.3 is 0 Å². The molecule has 5 heteroatoms. The molecular weight excluding hydrogens is 226 g/mol. The fourth-order valence-electron chi connectivity index (χ4n) is 1.39. The number of hydrogen-bond donors (Lipinski definition) is 1. The van der Waals surface area contributed by atoms with E-state index >= 15 is 0 Å². The highest BCUT2D eigenvalue weighted by molar-refractivity contribution is 7.91. The Morgan fingerprint density at radius 3 is 2.50 bits per heavy atom. The largest absolute Gasteiger partial charge is 0.382 e. The number of nitrogens with one attached hydrogen (secondary N) is 1. The summed E-state index contributed by atoms with van der Waals surface area (Å²) in [7, 11) is -2.87. The fourth-order valence-corrected chi connectivity index (χ4v) is 3.03. The van der Waals surface area contributed by atoms with E-state index in [1.807, 2.05) is 20.8 Å². The van der Waals surface area contributed by atoms with Crippen LogP contribution < -0.4 is 5.32 Å². The first-order chi connectivity index (χ1) is 7.48. The minimum Gasteiger partial charge on any atom is -0.382 e. The zero-order valence-electron chi connectivity index (χ0n) is 10.7. The van der Waals surface area contributed by atoms with Gasteiger partial charge in [-0.3, -0.25) is 0 Å². The average Bonchev–Trinajstić information content (AvgIpc) is 2.14. The second-order valence-corrected chi connectivity index (χ2v) is 6.54. The molecule has 0 aliphatic heterocycles. The first-order valence-corrected chi connectivity index (χ1v) is 7.79. The van der Waals surface area contributed by atoms with Crippen LogP contribution in [0.3, 0.4) is 0 Å². The molecule has 0 saturated heterocycles. The molecule has 0 atom stereocenters. The van der Waals surface area contributed by atoms with Crippen molar-refractivity contribution in [3.8, 4) is 0 Å². The van der Waals surface area contributed by atoms with Crippen molar-refractivity contribution in [3.63, 3.8) is 0 Å². The van der Waals surface area contributed by atoms with E-state index in [9.17, 15) is 8.42 Å². The van der Waals surface area contributed by atoms with Gasteiger partial charge in [-0.25, -0.2) is 8.42 Å². The Morgan fingerprint density at radius 2 is 1.94 bits per heavy atom. The molecule has 0 aromatic heterocycles. The first-order valence-electron chi connectivity index (χ1n) is 5.97. The summed E-state index contributed by atoms with van der Waals surface area (Å²) < 4.78 is 28.2. The average molecular weight is 251 g/mol. The van der Waals surface area contributed by atoms with Gasteiger partial charge in [0.25, 0.3) is 0 Å². The van der Waals surface area contributed by atoms with Crippen LogP contribution in [0.1, 0.15) is 27.2 Å². The molecule has 0 unspecified atom stereocenters. The highest BCUT2D eigenvalue weighted by atomic mass is 32.2. The molecule has 0 spiro atoms. The Morgan fingerprint density at radius 1 is 1.25 bits per heavy atom. The van der Waals surface area contributed by atoms with Gasteiger partial charge in [-0.1, -0.05) is 13.8 Å². The Balaban J connectivity index is 3.44. The minimum absolute atomic E-state index is 0.211. The smallest absolute Gasteiger partial charge is 0.151 e. The quantitative estimate of drug-likeness (QED) is 0.590. The van der Waals surface area contributed by atoms with Crippen LogP contribution >= 0.6 is 0 Å². The Hall–Kier alpha value is -0.130. The van der Waals surface area contributed by atoms with Crippen molar-refractivity contribution in [2.45, 2.75) is 27.2 Å². The highest BCUT2D eigenvalue weighted by Gasteiger charge is 2.12. The zero-order chi connectivity index (χ0) is 12.4. The van der Waals surface area contributed by atoms with E-state index in [4.69, 9.17) is 4.74 Å². The van der Waals surface area contributed by atoms with Crippen molar-refractivity contribution in [1.82, 2.24) is 5.32 Å². The monoisotopic (exact) mass is 251 g/mol. The molecule has 0 saturated carbocycles. The van der Waals surface area contributed by atoms with Crippen LogP contribution in [0.5, 0.6) is 0 Å². The molecule has 0 fully saturated rings. The van der Waals surface area contributed by atoms with E-state index in [1.165, 1.54) is 0 Å². The van der Waals surface area contributed by atoms with Gasteiger partial charge in [0, 0.05) is 19.8 Å². The van der Waals surface area contributed by atoms with Crippen LogP contribution in [0.4, 0.5) is 0 Å². The van der Waals surface area contributed by atoms with Gasteiger partial charge in [0.15, 0.2) is 9.84 Å². The van der Waals surface area contributed by atoms with Crippen LogP contribution in [0, 0.1) is 5.92 Å².